The maximum atomic E-state index is 10.8. The zero-order valence-corrected chi connectivity index (χ0v) is 9.45. The number of ether oxygens (including phenoxy) is 2. The maximum absolute atomic E-state index is 10.8. The summed E-state index contributed by atoms with van der Waals surface area (Å²) in [5, 5.41) is 8.86. The molecule has 0 amide bonds. The molecule has 0 aliphatic rings. The van der Waals surface area contributed by atoms with Gasteiger partial charge in [0, 0.05) is 12.1 Å². The van der Waals surface area contributed by atoms with Crippen LogP contribution in [0.3, 0.4) is 0 Å². The zero-order chi connectivity index (χ0) is 12.1. The Labute approximate surface area is 97.7 Å². The van der Waals surface area contributed by atoms with Gasteiger partial charge in [-0.15, -0.1) is 11.6 Å². The fraction of sp³-hybridized carbons (Fsp3) is 0.300. The standard InChI is InChI=1S/C10H12ClNO4/c1-15-8-4-6(10(13)14)7(12)5-9(8)16-3-2-11/h4-5H,2-3,12H2,1H3,(H,13,14). The van der Waals surface area contributed by atoms with E-state index in [2.05, 4.69) is 0 Å². The van der Waals surface area contributed by atoms with Crippen LogP contribution in [0.5, 0.6) is 11.5 Å². The van der Waals surface area contributed by atoms with Crippen LogP contribution in [0.1, 0.15) is 10.4 Å². The Balaban J connectivity index is 3.10. The van der Waals surface area contributed by atoms with Crippen molar-refractivity contribution in [3.8, 4) is 11.5 Å². The van der Waals surface area contributed by atoms with Crippen molar-refractivity contribution in [2.45, 2.75) is 0 Å². The second-order valence-electron chi connectivity index (χ2n) is 2.93. The number of benzene rings is 1. The highest BCUT2D eigenvalue weighted by atomic mass is 35.5. The van der Waals surface area contributed by atoms with Crippen LogP contribution in [0.2, 0.25) is 0 Å². The molecule has 0 heterocycles. The highest BCUT2D eigenvalue weighted by Crippen LogP contribution is 2.32. The molecule has 0 aromatic heterocycles. The van der Waals surface area contributed by atoms with Crippen molar-refractivity contribution in [2.24, 2.45) is 0 Å². The van der Waals surface area contributed by atoms with Crippen LogP contribution in [0.15, 0.2) is 12.1 Å². The second kappa shape index (κ2) is 5.46. The van der Waals surface area contributed by atoms with Gasteiger partial charge in [0.2, 0.25) is 0 Å². The summed E-state index contributed by atoms with van der Waals surface area (Å²) in [7, 11) is 1.42. The molecule has 0 aliphatic carbocycles. The number of halogens is 1. The Morgan fingerprint density at radius 2 is 2.19 bits per heavy atom. The van der Waals surface area contributed by atoms with E-state index in [0.29, 0.717) is 24.0 Å². The Morgan fingerprint density at radius 3 is 2.69 bits per heavy atom. The molecule has 88 valence electrons. The van der Waals surface area contributed by atoms with Gasteiger partial charge in [-0.05, 0) is 0 Å². The molecular weight excluding hydrogens is 234 g/mol. The first-order chi connectivity index (χ1) is 7.60. The zero-order valence-electron chi connectivity index (χ0n) is 8.70. The second-order valence-corrected chi connectivity index (χ2v) is 3.31. The van der Waals surface area contributed by atoms with Crippen LogP contribution in [-0.2, 0) is 0 Å². The van der Waals surface area contributed by atoms with Gasteiger partial charge in [-0.3, -0.25) is 0 Å². The number of nitrogens with two attached hydrogens (primary N) is 1. The number of carboxylic acids is 1. The van der Waals surface area contributed by atoms with E-state index in [1.165, 1.54) is 19.2 Å². The quantitative estimate of drug-likeness (QED) is 0.608. The van der Waals surface area contributed by atoms with Gasteiger partial charge in [-0.2, -0.15) is 0 Å². The Bertz CT molecular complexity index is 395. The molecule has 0 saturated heterocycles. The average Bonchev–Trinajstić information content (AvgIpc) is 2.25. The van der Waals surface area contributed by atoms with Gasteiger partial charge in [-0.25, -0.2) is 4.79 Å². The lowest BCUT2D eigenvalue weighted by Gasteiger charge is -2.11. The van der Waals surface area contributed by atoms with Crippen molar-refractivity contribution >= 4 is 23.3 Å². The summed E-state index contributed by atoms with van der Waals surface area (Å²) in [6.45, 7) is 0.295. The number of carbonyl (C=O) groups is 1. The molecule has 1 rings (SSSR count). The number of rotatable bonds is 5. The number of anilines is 1. The maximum Gasteiger partial charge on any atom is 0.337 e. The van der Waals surface area contributed by atoms with E-state index >= 15 is 0 Å². The molecule has 1 aromatic rings. The van der Waals surface area contributed by atoms with Gasteiger partial charge in [-0.1, -0.05) is 0 Å². The molecule has 3 N–H and O–H groups in total. The Morgan fingerprint density at radius 1 is 1.50 bits per heavy atom. The van der Waals surface area contributed by atoms with Gasteiger partial charge < -0.3 is 20.3 Å². The molecule has 5 nitrogen and oxygen atoms in total. The van der Waals surface area contributed by atoms with E-state index in [1.54, 1.807) is 0 Å². The van der Waals surface area contributed by atoms with Gasteiger partial charge in [0.1, 0.15) is 6.61 Å². The first-order valence-electron chi connectivity index (χ1n) is 4.49. The van der Waals surface area contributed by atoms with E-state index in [9.17, 15) is 4.79 Å². The van der Waals surface area contributed by atoms with E-state index < -0.39 is 5.97 Å². The van der Waals surface area contributed by atoms with E-state index in [1.807, 2.05) is 0 Å². The van der Waals surface area contributed by atoms with E-state index in [-0.39, 0.29) is 11.3 Å². The summed E-state index contributed by atoms with van der Waals surface area (Å²) >= 11 is 5.48. The van der Waals surface area contributed by atoms with Crippen molar-refractivity contribution in [1.29, 1.82) is 0 Å². The minimum absolute atomic E-state index is 0.0185. The summed E-state index contributed by atoms with van der Waals surface area (Å²) in [6, 6.07) is 2.73. The minimum Gasteiger partial charge on any atom is -0.493 e. The topological polar surface area (TPSA) is 81.8 Å². The SMILES string of the molecule is COc1cc(C(=O)O)c(N)cc1OCCCl. The summed E-state index contributed by atoms with van der Waals surface area (Å²) < 4.78 is 10.3. The predicted molar refractivity (Wildman–Crippen MR) is 60.6 cm³/mol. The number of hydrogen-bond acceptors (Lipinski definition) is 4. The molecule has 0 unspecified atom stereocenters. The lowest BCUT2D eigenvalue weighted by molar-refractivity contribution is 0.0697. The molecule has 0 aliphatic heterocycles. The first-order valence-corrected chi connectivity index (χ1v) is 5.03. The molecule has 0 saturated carbocycles. The lowest BCUT2D eigenvalue weighted by Crippen LogP contribution is -2.06. The summed E-state index contributed by atoms with van der Waals surface area (Å²) in [6.07, 6.45) is 0. The highest BCUT2D eigenvalue weighted by Gasteiger charge is 2.14. The van der Waals surface area contributed by atoms with Crippen LogP contribution < -0.4 is 15.2 Å². The van der Waals surface area contributed by atoms with Gasteiger partial charge in [0.05, 0.1) is 24.2 Å². The minimum atomic E-state index is -1.11. The van der Waals surface area contributed by atoms with Crippen LogP contribution in [-0.4, -0.2) is 30.7 Å². The number of aromatic carboxylic acids is 1. The Kier molecular flexibility index (Phi) is 4.25. The van der Waals surface area contributed by atoms with E-state index in [4.69, 9.17) is 31.9 Å². The van der Waals surface area contributed by atoms with Gasteiger partial charge in [0.25, 0.3) is 0 Å². The molecule has 0 atom stereocenters. The molecule has 0 bridgehead atoms. The van der Waals surface area contributed by atoms with E-state index in [0.717, 1.165) is 0 Å². The third kappa shape index (κ3) is 2.70. The normalized spacial score (nSPS) is 9.88. The van der Waals surface area contributed by atoms with Gasteiger partial charge in [0.15, 0.2) is 11.5 Å². The molecule has 0 radical (unpaired) electrons. The molecular formula is C10H12ClNO4. The summed E-state index contributed by atoms with van der Waals surface area (Å²) in [5.41, 5.74) is 5.67. The van der Waals surface area contributed by atoms with Crippen molar-refractivity contribution in [3.05, 3.63) is 17.7 Å². The third-order valence-corrected chi connectivity index (χ3v) is 2.06. The van der Waals surface area contributed by atoms with Crippen LogP contribution in [0.4, 0.5) is 5.69 Å². The first kappa shape index (κ1) is 12.4. The number of carboxylic acid groups (broad SMARTS) is 1. The van der Waals surface area contributed by atoms with Crippen LogP contribution >= 0.6 is 11.6 Å². The van der Waals surface area contributed by atoms with Crippen molar-refractivity contribution in [3.63, 3.8) is 0 Å². The molecule has 0 spiro atoms. The molecule has 16 heavy (non-hydrogen) atoms. The van der Waals surface area contributed by atoms with Crippen molar-refractivity contribution in [2.75, 3.05) is 25.3 Å². The fourth-order valence-corrected chi connectivity index (χ4v) is 1.26. The summed E-state index contributed by atoms with van der Waals surface area (Å²) in [4.78, 5) is 10.8. The predicted octanol–water partition coefficient (Wildman–Crippen LogP) is 1.59. The number of alkyl halides is 1. The lowest BCUT2D eigenvalue weighted by atomic mass is 10.1. The number of nitrogen functional groups attached to an aromatic ring is 1. The molecule has 6 heteroatoms. The Hall–Kier alpha value is -1.62. The average molecular weight is 246 g/mol. The highest BCUT2D eigenvalue weighted by molar-refractivity contribution is 6.18. The largest absolute Gasteiger partial charge is 0.493 e. The fourth-order valence-electron chi connectivity index (χ4n) is 1.18. The number of hydrogen-bond donors (Lipinski definition) is 2. The van der Waals surface area contributed by atoms with Crippen LogP contribution in [0, 0.1) is 0 Å². The molecule has 0 fully saturated rings. The monoisotopic (exact) mass is 245 g/mol. The van der Waals surface area contributed by atoms with Gasteiger partial charge >= 0.3 is 5.97 Å². The third-order valence-electron chi connectivity index (χ3n) is 1.90. The summed E-state index contributed by atoms with van der Waals surface area (Å²) in [5.74, 6) is -0.0916. The smallest absolute Gasteiger partial charge is 0.337 e. The van der Waals surface area contributed by atoms with Crippen molar-refractivity contribution < 1.29 is 19.4 Å². The molecule has 1 aromatic carbocycles. The van der Waals surface area contributed by atoms with Crippen LogP contribution in [0.25, 0.3) is 0 Å². The van der Waals surface area contributed by atoms with Crippen molar-refractivity contribution in [1.82, 2.24) is 0 Å². The number of methoxy groups -OCH3 is 1.